The van der Waals surface area contributed by atoms with E-state index < -0.39 is 0 Å². The summed E-state index contributed by atoms with van der Waals surface area (Å²) >= 11 is 0. The average molecular weight is 386 g/mol. The van der Waals surface area contributed by atoms with Gasteiger partial charge in [0.1, 0.15) is 5.75 Å². The maximum Gasteiger partial charge on any atom is 0.118 e. The van der Waals surface area contributed by atoms with Crippen LogP contribution in [0.3, 0.4) is 0 Å². The van der Waals surface area contributed by atoms with E-state index in [0.717, 1.165) is 59.8 Å². The molecule has 144 valence electrons. The minimum Gasteiger partial charge on any atom is -0.497 e. The zero-order valence-electron chi connectivity index (χ0n) is 16.2. The number of hydrogen-bond acceptors (Lipinski definition) is 4. The summed E-state index contributed by atoms with van der Waals surface area (Å²) in [4.78, 5) is 7.26. The number of benzene rings is 2. The standard InChI is InChI=1S/C22H27N3O.ClH/c1-4-25(5-2)15-14-23-22-16-21(17-10-12-18(26-3)13-11-17)24-20-9-7-6-8-19(20)22;/h6-13,16H,4-5,14-15H2,1-3H3,(H,23,24);1H. The number of hydrogen-bond donors (Lipinski definition) is 1. The molecule has 1 aromatic heterocycles. The van der Waals surface area contributed by atoms with Crippen LogP contribution in [0.4, 0.5) is 5.69 Å². The Morgan fingerprint density at radius 1 is 1.00 bits per heavy atom. The zero-order chi connectivity index (χ0) is 18.4. The van der Waals surface area contributed by atoms with Crippen LogP contribution in [0.5, 0.6) is 5.75 Å². The summed E-state index contributed by atoms with van der Waals surface area (Å²) in [5.74, 6) is 0.854. The number of fused-ring (bicyclic) bond motifs is 1. The normalized spacial score (nSPS) is 10.7. The van der Waals surface area contributed by atoms with Gasteiger partial charge in [-0.2, -0.15) is 0 Å². The van der Waals surface area contributed by atoms with Gasteiger partial charge in [-0.15, -0.1) is 12.4 Å². The topological polar surface area (TPSA) is 37.4 Å². The first-order valence-corrected chi connectivity index (χ1v) is 9.25. The number of nitrogens with one attached hydrogen (secondary N) is 1. The third-order valence-corrected chi connectivity index (χ3v) is 4.74. The van der Waals surface area contributed by atoms with Crippen molar-refractivity contribution in [1.82, 2.24) is 9.88 Å². The second-order valence-corrected chi connectivity index (χ2v) is 6.25. The van der Waals surface area contributed by atoms with Crippen molar-refractivity contribution in [3.63, 3.8) is 0 Å². The molecule has 1 N–H and O–H groups in total. The van der Waals surface area contributed by atoms with Crippen LogP contribution in [-0.2, 0) is 0 Å². The van der Waals surface area contributed by atoms with Crippen LogP contribution in [0.1, 0.15) is 13.8 Å². The Morgan fingerprint density at radius 2 is 1.70 bits per heavy atom. The van der Waals surface area contributed by atoms with Gasteiger partial charge < -0.3 is 15.0 Å². The van der Waals surface area contributed by atoms with E-state index in [0.29, 0.717) is 0 Å². The number of likely N-dealkylation sites (N-methyl/N-ethyl adjacent to an activating group) is 1. The molecule has 0 atom stereocenters. The summed E-state index contributed by atoms with van der Waals surface area (Å²) in [6, 6.07) is 18.5. The van der Waals surface area contributed by atoms with Crippen LogP contribution >= 0.6 is 12.4 Å². The van der Waals surface area contributed by atoms with Crippen LogP contribution in [0, 0.1) is 0 Å². The van der Waals surface area contributed by atoms with Gasteiger partial charge in [-0.3, -0.25) is 0 Å². The summed E-state index contributed by atoms with van der Waals surface area (Å²) in [7, 11) is 1.68. The molecule has 0 bridgehead atoms. The number of aromatic nitrogens is 1. The largest absolute Gasteiger partial charge is 0.497 e. The highest BCUT2D eigenvalue weighted by atomic mass is 35.5. The summed E-state index contributed by atoms with van der Waals surface area (Å²) in [6.45, 7) is 8.50. The highest BCUT2D eigenvalue weighted by Crippen LogP contribution is 2.29. The average Bonchev–Trinajstić information content (AvgIpc) is 2.71. The van der Waals surface area contributed by atoms with Crippen molar-refractivity contribution in [3.8, 4) is 17.0 Å². The monoisotopic (exact) mass is 385 g/mol. The number of anilines is 1. The summed E-state index contributed by atoms with van der Waals surface area (Å²) in [5.41, 5.74) is 4.19. The molecule has 0 spiro atoms. The Labute approximate surface area is 168 Å². The smallest absolute Gasteiger partial charge is 0.118 e. The number of para-hydroxylation sites is 1. The first-order chi connectivity index (χ1) is 12.7. The van der Waals surface area contributed by atoms with Crippen molar-refractivity contribution in [2.24, 2.45) is 0 Å². The Balaban J connectivity index is 0.00000261. The van der Waals surface area contributed by atoms with E-state index in [9.17, 15) is 0 Å². The van der Waals surface area contributed by atoms with E-state index in [1.807, 2.05) is 18.2 Å². The van der Waals surface area contributed by atoms with E-state index in [-0.39, 0.29) is 12.4 Å². The van der Waals surface area contributed by atoms with Gasteiger partial charge in [0.2, 0.25) is 0 Å². The van der Waals surface area contributed by atoms with Crippen LogP contribution in [0.2, 0.25) is 0 Å². The lowest BCUT2D eigenvalue weighted by Crippen LogP contribution is -2.28. The molecule has 0 aliphatic carbocycles. The molecule has 0 unspecified atom stereocenters. The van der Waals surface area contributed by atoms with Crippen molar-refractivity contribution in [3.05, 3.63) is 54.6 Å². The number of pyridine rings is 1. The van der Waals surface area contributed by atoms with Crippen LogP contribution in [0.25, 0.3) is 22.2 Å². The van der Waals surface area contributed by atoms with Crippen molar-refractivity contribution < 1.29 is 4.74 Å². The molecule has 3 rings (SSSR count). The van der Waals surface area contributed by atoms with E-state index >= 15 is 0 Å². The lowest BCUT2D eigenvalue weighted by molar-refractivity contribution is 0.316. The number of nitrogens with zero attached hydrogens (tertiary/aromatic N) is 2. The molecule has 27 heavy (non-hydrogen) atoms. The molecule has 4 nitrogen and oxygen atoms in total. The molecule has 0 aliphatic rings. The zero-order valence-corrected chi connectivity index (χ0v) is 17.1. The molecule has 0 fully saturated rings. The Morgan fingerprint density at radius 3 is 2.37 bits per heavy atom. The van der Waals surface area contributed by atoms with Crippen LogP contribution in [-0.4, -0.2) is 43.2 Å². The first kappa shape index (κ1) is 21.0. The molecule has 0 saturated carbocycles. The molecule has 5 heteroatoms. The molecular weight excluding hydrogens is 358 g/mol. The molecule has 1 heterocycles. The van der Waals surface area contributed by atoms with Gasteiger partial charge in [-0.05, 0) is 49.5 Å². The molecular formula is C22H28ClN3O. The van der Waals surface area contributed by atoms with Crippen LogP contribution in [0.15, 0.2) is 54.6 Å². The molecule has 0 amide bonds. The maximum atomic E-state index is 5.26. The predicted molar refractivity (Wildman–Crippen MR) is 117 cm³/mol. The third-order valence-electron chi connectivity index (χ3n) is 4.74. The lowest BCUT2D eigenvalue weighted by Gasteiger charge is -2.19. The number of rotatable bonds is 8. The molecule has 0 saturated heterocycles. The molecule has 2 aromatic carbocycles. The minimum absolute atomic E-state index is 0. The number of halogens is 1. The fraction of sp³-hybridized carbons (Fsp3) is 0.318. The van der Waals surface area contributed by atoms with Gasteiger partial charge in [-0.25, -0.2) is 4.98 Å². The quantitative estimate of drug-likeness (QED) is 0.586. The molecule has 3 aromatic rings. The van der Waals surface area contributed by atoms with E-state index in [2.05, 4.69) is 60.5 Å². The highest BCUT2D eigenvalue weighted by Gasteiger charge is 2.08. The van der Waals surface area contributed by atoms with Gasteiger partial charge >= 0.3 is 0 Å². The second-order valence-electron chi connectivity index (χ2n) is 6.25. The second kappa shape index (κ2) is 10.1. The Hall–Kier alpha value is -2.30. The van der Waals surface area contributed by atoms with Crippen LogP contribution < -0.4 is 10.1 Å². The van der Waals surface area contributed by atoms with Crippen molar-refractivity contribution >= 4 is 29.0 Å². The fourth-order valence-corrected chi connectivity index (χ4v) is 3.12. The SMILES string of the molecule is CCN(CC)CCNc1cc(-c2ccc(OC)cc2)nc2ccccc12.Cl. The maximum absolute atomic E-state index is 5.26. The summed E-state index contributed by atoms with van der Waals surface area (Å²) in [5, 5.41) is 4.77. The fourth-order valence-electron chi connectivity index (χ4n) is 3.12. The number of ether oxygens (including phenoxy) is 1. The van der Waals surface area contributed by atoms with Crippen molar-refractivity contribution in [2.75, 3.05) is 38.6 Å². The van der Waals surface area contributed by atoms with Gasteiger partial charge in [0.25, 0.3) is 0 Å². The molecule has 0 aliphatic heterocycles. The van der Waals surface area contributed by atoms with Crippen molar-refractivity contribution in [2.45, 2.75) is 13.8 Å². The summed E-state index contributed by atoms with van der Waals surface area (Å²) < 4.78 is 5.26. The highest BCUT2D eigenvalue weighted by molar-refractivity contribution is 5.93. The first-order valence-electron chi connectivity index (χ1n) is 9.25. The molecule has 0 radical (unpaired) electrons. The minimum atomic E-state index is 0. The van der Waals surface area contributed by atoms with Gasteiger partial charge in [0.05, 0.1) is 18.3 Å². The van der Waals surface area contributed by atoms with E-state index in [1.165, 1.54) is 0 Å². The Bertz CT molecular complexity index is 848. The van der Waals surface area contributed by atoms with Gasteiger partial charge in [0.15, 0.2) is 0 Å². The number of methoxy groups -OCH3 is 1. The third kappa shape index (κ3) is 5.12. The van der Waals surface area contributed by atoms with E-state index in [4.69, 9.17) is 9.72 Å². The Kier molecular flexibility index (Phi) is 7.89. The van der Waals surface area contributed by atoms with Gasteiger partial charge in [-0.1, -0.05) is 32.0 Å². The van der Waals surface area contributed by atoms with Crippen molar-refractivity contribution in [1.29, 1.82) is 0 Å². The summed E-state index contributed by atoms with van der Waals surface area (Å²) in [6.07, 6.45) is 0. The van der Waals surface area contributed by atoms with Gasteiger partial charge in [0, 0.05) is 29.7 Å². The lowest BCUT2D eigenvalue weighted by atomic mass is 10.1. The van der Waals surface area contributed by atoms with E-state index in [1.54, 1.807) is 7.11 Å². The predicted octanol–water partition coefficient (Wildman–Crippen LogP) is 5.09.